The number of ether oxygens (including phenoxy) is 1. The van der Waals surface area contributed by atoms with Crippen molar-refractivity contribution in [3.8, 4) is 0 Å². The Hall–Kier alpha value is -1.39. The van der Waals surface area contributed by atoms with E-state index in [0.29, 0.717) is 12.5 Å². The van der Waals surface area contributed by atoms with E-state index in [1.54, 1.807) is 0 Å². The summed E-state index contributed by atoms with van der Waals surface area (Å²) in [5.74, 6) is 0. The van der Waals surface area contributed by atoms with Crippen molar-refractivity contribution in [3.05, 3.63) is 30.0 Å². The molecule has 2 atom stereocenters. The Labute approximate surface area is 125 Å². The second-order valence-electron chi connectivity index (χ2n) is 5.85. The van der Waals surface area contributed by atoms with E-state index in [0.717, 1.165) is 55.4 Å². The third-order valence-corrected chi connectivity index (χ3v) is 4.31. The number of rotatable bonds is 6. The molecule has 1 N–H and O–H groups in total. The maximum Gasteiger partial charge on any atom is 0.0729 e. The zero-order valence-corrected chi connectivity index (χ0v) is 12.7. The van der Waals surface area contributed by atoms with Gasteiger partial charge in [0.25, 0.3) is 0 Å². The standard InChI is InChI=1S/C17H24N2O2/c1-2-19-17-8-4-3-7-15(17)16(18-19)12-13(20)9-10-14-6-5-11-21-14/h3-4,7-8,13-14,20H,2,5-6,9-12H2,1H3. The van der Waals surface area contributed by atoms with E-state index in [4.69, 9.17) is 4.74 Å². The molecule has 21 heavy (non-hydrogen) atoms. The first kappa shape index (κ1) is 14.5. The molecule has 1 fully saturated rings. The second-order valence-corrected chi connectivity index (χ2v) is 5.85. The lowest BCUT2D eigenvalue weighted by Gasteiger charge is -2.13. The smallest absolute Gasteiger partial charge is 0.0729 e. The molecule has 1 saturated heterocycles. The summed E-state index contributed by atoms with van der Waals surface area (Å²) >= 11 is 0. The SMILES string of the molecule is CCn1nc(CC(O)CCC2CCCO2)c2ccccc21. The lowest BCUT2D eigenvalue weighted by atomic mass is 10.0. The molecule has 4 nitrogen and oxygen atoms in total. The average molecular weight is 288 g/mol. The lowest BCUT2D eigenvalue weighted by molar-refractivity contribution is 0.0811. The number of aryl methyl sites for hydroxylation is 1. The minimum atomic E-state index is -0.335. The van der Waals surface area contributed by atoms with E-state index >= 15 is 0 Å². The van der Waals surface area contributed by atoms with Crippen LogP contribution in [-0.4, -0.2) is 33.7 Å². The number of benzene rings is 1. The largest absolute Gasteiger partial charge is 0.393 e. The van der Waals surface area contributed by atoms with Crippen LogP contribution in [0.5, 0.6) is 0 Å². The van der Waals surface area contributed by atoms with Crippen molar-refractivity contribution < 1.29 is 9.84 Å². The van der Waals surface area contributed by atoms with Crippen molar-refractivity contribution in [1.29, 1.82) is 0 Å². The van der Waals surface area contributed by atoms with Gasteiger partial charge >= 0.3 is 0 Å². The van der Waals surface area contributed by atoms with Crippen LogP contribution in [0.1, 0.15) is 38.3 Å². The van der Waals surface area contributed by atoms with E-state index in [-0.39, 0.29) is 6.10 Å². The molecule has 4 heteroatoms. The van der Waals surface area contributed by atoms with Crippen molar-refractivity contribution >= 4 is 10.9 Å². The van der Waals surface area contributed by atoms with Gasteiger partial charge in [0.1, 0.15) is 0 Å². The first-order chi connectivity index (χ1) is 10.3. The third-order valence-electron chi connectivity index (χ3n) is 4.31. The molecule has 0 radical (unpaired) electrons. The number of aliphatic hydroxyl groups is 1. The summed E-state index contributed by atoms with van der Waals surface area (Å²) in [5, 5.41) is 16.1. The molecule has 1 aliphatic heterocycles. The van der Waals surface area contributed by atoms with Crippen LogP contribution in [0.15, 0.2) is 24.3 Å². The summed E-state index contributed by atoms with van der Waals surface area (Å²) in [4.78, 5) is 0. The molecule has 1 aliphatic rings. The fourth-order valence-electron chi connectivity index (χ4n) is 3.16. The normalized spacial score (nSPS) is 20.2. The van der Waals surface area contributed by atoms with Gasteiger partial charge in [-0.3, -0.25) is 4.68 Å². The summed E-state index contributed by atoms with van der Waals surface area (Å²) in [6.45, 7) is 3.83. The predicted molar refractivity (Wildman–Crippen MR) is 83.3 cm³/mol. The van der Waals surface area contributed by atoms with Gasteiger partial charge in [0.05, 0.1) is 23.4 Å². The van der Waals surface area contributed by atoms with Gasteiger partial charge in [0.2, 0.25) is 0 Å². The van der Waals surface area contributed by atoms with Crippen LogP contribution in [0.2, 0.25) is 0 Å². The zero-order valence-electron chi connectivity index (χ0n) is 12.7. The molecule has 2 heterocycles. The second kappa shape index (κ2) is 6.58. The third kappa shape index (κ3) is 3.27. The summed E-state index contributed by atoms with van der Waals surface area (Å²) in [6, 6.07) is 8.25. The summed E-state index contributed by atoms with van der Waals surface area (Å²) < 4.78 is 7.63. The lowest BCUT2D eigenvalue weighted by Crippen LogP contribution is -2.15. The highest BCUT2D eigenvalue weighted by atomic mass is 16.5. The topological polar surface area (TPSA) is 47.3 Å². The molecule has 0 aliphatic carbocycles. The predicted octanol–water partition coefficient (Wildman–Crippen LogP) is 2.92. The van der Waals surface area contributed by atoms with Gasteiger partial charge in [0.15, 0.2) is 0 Å². The van der Waals surface area contributed by atoms with Gasteiger partial charge in [-0.15, -0.1) is 0 Å². The van der Waals surface area contributed by atoms with Crippen LogP contribution in [0.25, 0.3) is 10.9 Å². The molecule has 0 saturated carbocycles. The molecule has 3 rings (SSSR count). The van der Waals surface area contributed by atoms with Crippen LogP contribution in [-0.2, 0) is 17.7 Å². The van der Waals surface area contributed by atoms with E-state index in [2.05, 4.69) is 24.2 Å². The monoisotopic (exact) mass is 288 g/mol. The summed E-state index contributed by atoms with van der Waals surface area (Å²) in [6.07, 6.45) is 4.68. The molecule has 1 aromatic carbocycles. The first-order valence-corrected chi connectivity index (χ1v) is 8.02. The Balaban J connectivity index is 1.66. The Morgan fingerprint density at radius 3 is 3.05 bits per heavy atom. The van der Waals surface area contributed by atoms with Gasteiger partial charge < -0.3 is 9.84 Å². The fourth-order valence-corrected chi connectivity index (χ4v) is 3.16. The highest BCUT2D eigenvalue weighted by Crippen LogP contribution is 2.22. The van der Waals surface area contributed by atoms with Gasteiger partial charge in [-0.05, 0) is 38.7 Å². The number of aliphatic hydroxyl groups excluding tert-OH is 1. The van der Waals surface area contributed by atoms with Gasteiger partial charge in [-0.2, -0.15) is 5.10 Å². The van der Waals surface area contributed by atoms with Crippen LogP contribution in [0.4, 0.5) is 0 Å². The molecular formula is C17H24N2O2. The van der Waals surface area contributed by atoms with E-state index in [9.17, 15) is 5.11 Å². The van der Waals surface area contributed by atoms with Crippen LogP contribution in [0, 0.1) is 0 Å². The number of para-hydroxylation sites is 1. The van der Waals surface area contributed by atoms with Crippen molar-refractivity contribution in [2.24, 2.45) is 0 Å². The zero-order chi connectivity index (χ0) is 14.7. The molecule has 2 unspecified atom stereocenters. The van der Waals surface area contributed by atoms with Crippen LogP contribution < -0.4 is 0 Å². The maximum atomic E-state index is 10.3. The minimum absolute atomic E-state index is 0.335. The van der Waals surface area contributed by atoms with E-state index in [1.165, 1.54) is 0 Å². The highest BCUT2D eigenvalue weighted by molar-refractivity contribution is 5.81. The molecule has 0 spiro atoms. The number of aromatic nitrogens is 2. The Morgan fingerprint density at radius 1 is 1.43 bits per heavy atom. The van der Waals surface area contributed by atoms with Crippen LogP contribution in [0.3, 0.4) is 0 Å². The Bertz CT molecular complexity index is 587. The first-order valence-electron chi connectivity index (χ1n) is 8.02. The van der Waals surface area contributed by atoms with Crippen molar-refractivity contribution in [2.75, 3.05) is 6.61 Å². The maximum absolute atomic E-state index is 10.3. The summed E-state index contributed by atoms with van der Waals surface area (Å²) in [5.41, 5.74) is 2.16. The molecule has 0 amide bonds. The number of hydrogen-bond acceptors (Lipinski definition) is 3. The molecule has 1 aromatic heterocycles. The van der Waals surface area contributed by atoms with Crippen molar-refractivity contribution in [3.63, 3.8) is 0 Å². The van der Waals surface area contributed by atoms with Crippen molar-refractivity contribution in [2.45, 2.75) is 57.8 Å². The number of hydrogen-bond donors (Lipinski definition) is 1. The number of fused-ring (bicyclic) bond motifs is 1. The Morgan fingerprint density at radius 2 is 2.29 bits per heavy atom. The minimum Gasteiger partial charge on any atom is -0.393 e. The van der Waals surface area contributed by atoms with Gasteiger partial charge in [0, 0.05) is 25.0 Å². The highest BCUT2D eigenvalue weighted by Gasteiger charge is 2.18. The molecule has 114 valence electrons. The molecular weight excluding hydrogens is 264 g/mol. The van der Waals surface area contributed by atoms with E-state index < -0.39 is 0 Å². The van der Waals surface area contributed by atoms with Crippen LogP contribution >= 0.6 is 0 Å². The Kier molecular flexibility index (Phi) is 4.56. The number of nitrogens with zero attached hydrogens (tertiary/aromatic N) is 2. The summed E-state index contributed by atoms with van der Waals surface area (Å²) in [7, 11) is 0. The molecule has 0 bridgehead atoms. The average Bonchev–Trinajstić information content (AvgIpc) is 3.13. The van der Waals surface area contributed by atoms with Gasteiger partial charge in [-0.1, -0.05) is 18.2 Å². The fraction of sp³-hybridized carbons (Fsp3) is 0.588. The van der Waals surface area contributed by atoms with Crippen molar-refractivity contribution in [1.82, 2.24) is 9.78 Å². The molecule has 2 aromatic rings. The van der Waals surface area contributed by atoms with Gasteiger partial charge in [-0.25, -0.2) is 0 Å². The van der Waals surface area contributed by atoms with E-state index in [1.807, 2.05) is 16.8 Å². The quantitative estimate of drug-likeness (QED) is 0.889.